The summed E-state index contributed by atoms with van der Waals surface area (Å²) in [6, 6.07) is 6.82. The van der Waals surface area contributed by atoms with Crippen LogP contribution in [0.4, 0.5) is 5.69 Å². The SMILES string of the molecule is CN(C)CCCSC1=NS(=O)(=O)c2ccccc2N1. The highest BCUT2D eigenvalue weighted by atomic mass is 32.2. The second kappa shape index (κ2) is 5.94. The van der Waals surface area contributed by atoms with Gasteiger partial charge in [-0.3, -0.25) is 0 Å². The van der Waals surface area contributed by atoms with Gasteiger partial charge >= 0.3 is 0 Å². The molecule has 0 unspecified atom stereocenters. The summed E-state index contributed by atoms with van der Waals surface area (Å²) in [5, 5.41) is 3.52. The first-order valence-electron chi connectivity index (χ1n) is 5.97. The van der Waals surface area contributed by atoms with Crippen molar-refractivity contribution >= 4 is 32.6 Å². The van der Waals surface area contributed by atoms with E-state index in [0.717, 1.165) is 18.7 Å². The van der Waals surface area contributed by atoms with Gasteiger partial charge in [-0.2, -0.15) is 8.42 Å². The van der Waals surface area contributed by atoms with Crippen LogP contribution in [0.5, 0.6) is 0 Å². The topological polar surface area (TPSA) is 61.8 Å². The molecule has 5 nitrogen and oxygen atoms in total. The summed E-state index contributed by atoms with van der Waals surface area (Å²) >= 11 is 1.44. The van der Waals surface area contributed by atoms with Crippen molar-refractivity contribution < 1.29 is 8.42 Å². The van der Waals surface area contributed by atoms with Crippen molar-refractivity contribution in [3.05, 3.63) is 24.3 Å². The maximum atomic E-state index is 12.0. The summed E-state index contributed by atoms with van der Waals surface area (Å²) in [6.45, 7) is 0.976. The second-order valence-corrected chi connectivity index (χ2v) is 7.15. The molecule has 0 atom stereocenters. The third kappa shape index (κ3) is 3.71. The fourth-order valence-corrected chi connectivity index (χ4v) is 3.87. The number of anilines is 1. The lowest BCUT2D eigenvalue weighted by Crippen LogP contribution is -2.20. The Morgan fingerprint density at radius 2 is 2.05 bits per heavy atom. The molecule has 0 amide bonds. The number of hydrogen-bond acceptors (Lipinski definition) is 5. The lowest BCUT2D eigenvalue weighted by Gasteiger charge is -2.17. The molecule has 0 radical (unpaired) electrons. The molecule has 2 rings (SSSR count). The number of fused-ring (bicyclic) bond motifs is 1. The number of sulfonamides is 1. The minimum Gasteiger partial charge on any atom is -0.333 e. The van der Waals surface area contributed by atoms with Gasteiger partial charge in [0, 0.05) is 5.75 Å². The molecule has 1 aromatic rings. The van der Waals surface area contributed by atoms with Crippen LogP contribution in [0.1, 0.15) is 6.42 Å². The zero-order valence-corrected chi connectivity index (χ0v) is 12.6. The highest BCUT2D eigenvalue weighted by Gasteiger charge is 2.24. The van der Waals surface area contributed by atoms with Crippen LogP contribution in [0.15, 0.2) is 33.6 Å². The van der Waals surface area contributed by atoms with E-state index in [1.807, 2.05) is 14.1 Å². The molecule has 0 fully saturated rings. The number of nitrogens with zero attached hydrogens (tertiary/aromatic N) is 2. The van der Waals surface area contributed by atoms with Crippen molar-refractivity contribution in [1.82, 2.24) is 4.90 Å². The van der Waals surface area contributed by atoms with Gasteiger partial charge < -0.3 is 10.2 Å². The Morgan fingerprint density at radius 3 is 2.79 bits per heavy atom. The van der Waals surface area contributed by atoms with Gasteiger partial charge in [0.1, 0.15) is 4.90 Å². The molecule has 0 bridgehead atoms. The van der Waals surface area contributed by atoms with E-state index in [4.69, 9.17) is 0 Å². The second-order valence-electron chi connectivity index (χ2n) is 4.50. The van der Waals surface area contributed by atoms with Gasteiger partial charge in [-0.25, -0.2) is 0 Å². The van der Waals surface area contributed by atoms with Crippen LogP contribution >= 0.6 is 11.8 Å². The third-order valence-corrected chi connectivity index (χ3v) is 5.01. The van der Waals surface area contributed by atoms with Crippen molar-refractivity contribution in [3.8, 4) is 0 Å². The lowest BCUT2D eigenvalue weighted by molar-refractivity contribution is 0.410. The molecule has 1 N–H and O–H groups in total. The first kappa shape index (κ1) is 14.4. The Morgan fingerprint density at radius 1 is 1.32 bits per heavy atom. The van der Waals surface area contributed by atoms with E-state index in [0.29, 0.717) is 10.9 Å². The average molecular weight is 299 g/mol. The Hall–Kier alpha value is -1.05. The largest absolute Gasteiger partial charge is 0.333 e. The highest BCUT2D eigenvalue weighted by Crippen LogP contribution is 2.28. The summed E-state index contributed by atoms with van der Waals surface area (Å²) in [6.07, 6.45) is 0.986. The molecule has 19 heavy (non-hydrogen) atoms. The molecule has 1 heterocycles. The van der Waals surface area contributed by atoms with Gasteiger partial charge in [-0.15, -0.1) is 4.40 Å². The van der Waals surface area contributed by atoms with Crippen LogP contribution in [0.3, 0.4) is 0 Å². The number of amidine groups is 1. The Kier molecular flexibility index (Phi) is 4.49. The van der Waals surface area contributed by atoms with Gasteiger partial charge in [-0.1, -0.05) is 23.9 Å². The minimum absolute atomic E-state index is 0.243. The van der Waals surface area contributed by atoms with Crippen molar-refractivity contribution in [2.75, 3.05) is 31.7 Å². The fourth-order valence-electron chi connectivity index (χ4n) is 1.70. The molecule has 1 aliphatic heterocycles. The quantitative estimate of drug-likeness (QED) is 0.860. The van der Waals surface area contributed by atoms with E-state index in [2.05, 4.69) is 14.6 Å². The van der Waals surface area contributed by atoms with Gasteiger partial charge in [0.05, 0.1) is 5.69 Å². The molecule has 0 saturated heterocycles. The van der Waals surface area contributed by atoms with E-state index in [9.17, 15) is 8.42 Å². The smallest absolute Gasteiger partial charge is 0.286 e. The van der Waals surface area contributed by atoms with E-state index in [1.54, 1.807) is 24.3 Å². The van der Waals surface area contributed by atoms with Gasteiger partial charge in [0.15, 0.2) is 5.17 Å². The van der Waals surface area contributed by atoms with E-state index in [1.165, 1.54) is 11.8 Å². The summed E-state index contributed by atoms with van der Waals surface area (Å²) in [5.41, 5.74) is 0.604. The molecule has 1 aromatic carbocycles. The Bertz CT molecular complexity index is 582. The van der Waals surface area contributed by atoms with Crippen LogP contribution < -0.4 is 5.32 Å². The molecule has 0 saturated carbocycles. The van der Waals surface area contributed by atoms with Crippen molar-refractivity contribution in [2.45, 2.75) is 11.3 Å². The van der Waals surface area contributed by atoms with E-state index >= 15 is 0 Å². The molecular weight excluding hydrogens is 282 g/mol. The summed E-state index contributed by atoms with van der Waals surface area (Å²) in [7, 11) is 0.481. The van der Waals surface area contributed by atoms with Crippen LogP contribution in [0, 0.1) is 0 Å². The van der Waals surface area contributed by atoms with Crippen molar-refractivity contribution in [3.63, 3.8) is 0 Å². The minimum atomic E-state index is -3.55. The number of hydrogen-bond donors (Lipinski definition) is 1. The summed E-state index contributed by atoms with van der Waals surface area (Å²) < 4.78 is 27.7. The number of benzene rings is 1. The standard InChI is InChI=1S/C12H17N3O2S2/c1-15(2)8-5-9-18-12-13-10-6-3-4-7-11(10)19(16,17)14-12/h3-4,6-7H,5,8-9H2,1-2H3,(H,13,14). The zero-order valence-electron chi connectivity index (χ0n) is 11.0. The monoisotopic (exact) mass is 299 g/mol. The van der Waals surface area contributed by atoms with Crippen LogP contribution in [0.25, 0.3) is 0 Å². The predicted octanol–water partition coefficient (Wildman–Crippen LogP) is 1.84. The summed E-state index contributed by atoms with van der Waals surface area (Å²) in [4.78, 5) is 2.34. The predicted molar refractivity (Wildman–Crippen MR) is 80.3 cm³/mol. The highest BCUT2D eigenvalue weighted by molar-refractivity contribution is 8.14. The number of thioether (sulfide) groups is 1. The maximum Gasteiger partial charge on any atom is 0.286 e. The van der Waals surface area contributed by atoms with E-state index < -0.39 is 10.0 Å². The zero-order chi connectivity index (χ0) is 13.9. The maximum absolute atomic E-state index is 12.0. The Balaban J connectivity index is 2.04. The molecule has 1 aliphatic rings. The number of rotatable bonds is 4. The molecule has 7 heteroatoms. The lowest BCUT2D eigenvalue weighted by atomic mass is 10.3. The van der Waals surface area contributed by atoms with Crippen molar-refractivity contribution in [2.24, 2.45) is 4.40 Å². The first-order chi connectivity index (χ1) is 8.99. The third-order valence-electron chi connectivity index (χ3n) is 2.60. The van der Waals surface area contributed by atoms with E-state index in [-0.39, 0.29) is 4.90 Å². The average Bonchev–Trinajstić information content (AvgIpc) is 2.34. The molecule has 0 spiro atoms. The normalized spacial score (nSPS) is 16.7. The molecule has 104 valence electrons. The fraction of sp³-hybridized carbons (Fsp3) is 0.417. The first-order valence-corrected chi connectivity index (χ1v) is 8.40. The number of nitrogens with one attached hydrogen (secondary N) is 1. The van der Waals surface area contributed by atoms with Gasteiger partial charge in [-0.05, 0) is 39.2 Å². The number of para-hydroxylation sites is 1. The Labute approximate surface area is 118 Å². The van der Waals surface area contributed by atoms with Gasteiger partial charge in [0.25, 0.3) is 10.0 Å². The molecule has 0 aromatic heterocycles. The molecule has 0 aliphatic carbocycles. The van der Waals surface area contributed by atoms with Crippen LogP contribution in [-0.2, 0) is 10.0 Å². The molecular formula is C12H17N3O2S2. The van der Waals surface area contributed by atoms with Crippen LogP contribution in [-0.4, -0.2) is 44.9 Å². The van der Waals surface area contributed by atoms with Crippen molar-refractivity contribution in [1.29, 1.82) is 0 Å². The van der Waals surface area contributed by atoms with Gasteiger partial charge in [0.2, 0.25) is 0 Å². The summed E-state index contributed by atoms with van der Waals surface area (Å²) in [5.74, 6) is 0.835. The van der Waals surface area contributed by atoms with Crippen LogP contribution in [0.2, 0.25) is 0 Å².